The highest BCUT2D eigenvalue weighted by Crippen LogP contribution is 2.55. The van der Waals surface area contributed by atoms with E-state index in [1.54, 1.807) is 6.92 Å². The molecule has 5 nitrogen and oxygen atoms in total. The fraction of sp³-hybridized carbons (Fsp3) is 0.882. The Hall–Kier alpha value is -0.940. The second-order valence-corrected chi connectivity index (χ2v) is 7.61. The maximum atomic E-state index is 12.5. The van der Waals surface area contributed by atoms with Crippen LogP contribution in [0.3, 0.4) is 0 Å². The standard InChI is InChI=1S/C17H28O5/c1-10(9-18)12-5-7-16(3)13(20)6-8-17(4,21)15(16)14(12)22-11(2)19/h10,12,14-15,18,21H,5-9H2,1-4H3/t10-,12+,14+,15-,16+,17-/m1/s1. The molecule has 5 heteroatoms. The van der Waals surface area contributed by atoms with E-state index in [4.69, 9.17) is 4.74 Å². The van der Waals surface area contributed by atoms with Gasteiger partial charge in [0.05, 0.1) is 5.60 Å². The molecule has 0 saturated heterocycles. The lowest BCUT2D eigenvalue weighted by atomic mass is 9.51. The lowest BCUT2D eigenvalue weighted by Gasteiger charge is -2.56. The lowest BCUT2D eigenvalue weighted by Crippen LogP contribution is -2.63. The van der Waals surface area contributed by atoms with Gasteiger partial charge >= 0.3 is 5.97 Å². The van der Waals surface area contributed by atoms with Gasteiger partial charge in [0.25, 0.3) is 0 Å². The zero-order valence-corrected chi connectivity index (χ0v) is 14.0. The third-order valence-electron chi connectivity index (χ3n) is 5.92. The first kappa shape index (κ1) is 17.4. The number of ether oxygens (including phenoxy) is 1. The van der Waals surface area contributed by atoms with Gasteiger partial charge in [-0.3, -0.25) is 9.59 Å². The van der Waals surface area contributed by atoms with Gasteiger partial charge in [0, 0.05) is 37.2 Å². The number of Topliss-reactive ketones (excluding diaryl/α,β-unsaturated/α-hetero) is 1. The van der Waals surface area contributed by atoms with Crippen molar-refractivity contribution in [2.45, 2.75) is 65.1 Å². The molecule has 0 unspecified atom stereocenters. The molecule has 2 saturated carbocycles. The molecule has 2 N–H and O–H groups in total. The summed E-state index contributed by atoms with van der Waals surface area (Å²) in [6, 6.07) is 0. The summed E-state index contributed by atoms with van der Waals surface area (Å²) < 4.78 is 5.58. The number of carbonyl (C=O) groups is 2. The first-order valence-electron chi connectivity index (χ1n) is 8.17. The SMILES string of the molecule is CC(=O)O[C@H]1[C@H]([C@H](C)CO)CC[C@@]2(C)C(=O)CC[C@@](C)(O)[C@H]12. The van der Waals surface area contributed by atoms with E-state index in [1.165, 1.54) is 6.92 Å². The molecule has 6 atom stereocenters. The van der Waals surface area contributed by atoms with Gasteiger partial charge < -0.3 is 14.9 Å². The lowest BCUT2D eigenvalue weighted by molar-refractivity contribution is -0.205. The summed E-state index contributed by atoms with van der Waals surface area (Å²) >= 11 is 0. The van der Waals surface area contributed by atoms with E-state index in [0.717, 1.165) is 0 Å². The van der Waals surface area contributed by atoms with Crippen molar-refractivity contribution in [3.05, 3.63) is 0 Å². The second-order valence-electron chi connectivity index (χ2n) is 7.61. The number of rotatable bonds is 3. The van der Waals surface area contributed by atoms with Crippen LogP contribution in [0.1, 0.15) is 53.4 Å². The number of esters is 1. The quantitative estimate of drug-likeness (QED) is 0.775. The third kappa shape index (κ3) is 2.81. The molecule has 0 aromatic carbocycles. The van der Waals surface area contributed by atoms with Crippen molar-refractivity contribution >= 4 is 11.8 Å². The Morgan fingerprint density at radius 1 is 1.41 bits per heavy atom. The Morgan fingerprint density at radius 3 is 2.59 bits per heavy atom. The van der Waals surface area contributed by atoms with Crippen molar-refractivity contribution in [3.63, 3.8) is 0 Å². The van der Waals surface area contributed by atoms with Crippen LogP contribution in [-0.2, 0) is 14.3 Å². The van der Waals surface area contributed by atoms with Gasteiger partial charge in [-0.05, 0) is 32.1 Å². The van der Waals surface area contributed by atoms with E-state index in [9.17, 15) is 19.8 Å². The molecule has 0 radical (unpaired) electrons. The highest BCUT2D eigenvalue weighted by atomic mass is 16.5. The topological polar surface area (TPSA) is 83.8 Å². The monoisotopic (exact) mass is 312 g/mol. The van der Waals surface area contributed by atoms with Gasteiger partial charge in [-0.1, -0.05) is 13.8 Å². The van der Waals surface area contributed by atoms with E-state index >= 15 is 0 Å². The van der Waals surface area contributed by atoms with Crippen LogP contribution in [0.25, 0.3) is 0 Å². The number of fused-ring (bicyclic) bond motifs is 1. The average molecular weight is 312 g/mol. The van der Waals surface area contributed by atoms with Crippen molar-refractivity contribution in [3.8, 4) is 0 Å². The summed E-state index contributed by atoms with van der Waals surface area (Å²) in [6.07, 6.45) is 1.61. The molecule has 0 heterocycles. The minimum absolute atomic E-state index is 0.00194. The molecule has 126 valence electrons. The van der Waals surface area contributed by atoms with Gasteiger partial charge in [0.1, 0.15) is 11.9 Å². The number of hydrogen-bond donors (Lipinski definition) is 2. The van der Waals surface area contributed by atoms with Gasteiger partial charge in [0.2, 0.25) is 0 Å². The Kier molecular flexibility index (Phi) is 4.69. The number of aliphatic hydroxyl groups excluding tert-OH is 1. The molecule has 2 fully saturated rings. The fourth-order valence-electron chi connectivity index (χ4n) is 4.65. The zero-order chi connectivity index (χ0) is 16.7. The molecular weight excluding hydrogens is 284 g/mol. The normalized spacial score (nSPS) is 43.4. The predicted octanol–water partition coefficient (Wildman–Crippen LogP) is 1.69. The number of ketones is 1. The number of hydrogen-bond acceptors (Lipinski definition) is 5. The molecule has 2 aliphatic rings. The highest BCUT2D eigenvalue weighted by molar-refractivity contribution is 5.86. The molecule has 0 bridgehead atoms. The summed E-state index contributed by atoms with van der Waals surface area (Å²) in [5.41, 5.74) is -1.70. The fourth-order valence-corrected chi connectivity index (χ4v) is 4.65. The Balaban J connectivity index is 2.45. The predicted molar refractivity (Wildman–Crippen MR) is 81.0 cm³/mol. The third-order valence-corrected chi connectivity index (χ3v) is 5.92. The van der Waals surface area contributed by atoms with Crippen LogP contribution in [-0.4, -0.2) is 40.3 Å². The first-order valence-corrected chi connectivity index (χ1v) is 8.17. The molecule has 22 heavy (non-hydrogen) atoms. The molecule has 2 aliphatic carbocycles. The van der Waals surface area contributed by atoms with Gasteiger partial charge in [0.15, 0.2) is 0 Å². The van der Waals surface area contributed by atoms with Gasteiger partial charge in [-0.15, -0.1) is 0 Å². The molecule has 0 spiro atoms. The summed E-state index contributed by atoms with van der Waals surface area (Å²) in [4.78, 5) is 24.1. The van der Waals surface area contributed by atoms with Crippen LogP contribution in [0, 0.1) is 23.2 Å². The van der Waals surface area contributed by atoms with Crippen molar-refractivity contribution in [1.29, 1.82) is 0 Å². The Bertz CT molecular complexity index is 458. The van der Waals surface area contributed by atoms with Crippen LogP contribution in [0.15, 0.2) is 0 Å². The van der Waals surface area contributed by atoms with Crippen molar-refractivity contribution in [2.75, 3.05) is 6.61 Å². The van der Waals surface area contributed by atoms with Crippen LogP contribution in [0.2, 0.25) is 0 Å². The maximum absolute atomic E-state index is 12.5. The molecule has 0 amide bonds. The van der Waals surface area contributed by atoms with E-state index in [1.807, 2.05) is 13.8 Å². The van der Waals surface area contributed by atoms with Gasteiger partial charge in [-0.25, -0.2) is 0 Å². The Labute approximate surface area is 132 Å². The van der Waals surface area contributed by atoms with E-state index in [0.29, 0.717) is 25.7 Å². The van der Waals surface area contributed by atoms with Crippen LogP contribution >= 0.6 is 0 Å². The number of aliphatic hydroxyl groups is 2. The average Bonchev–Trinajstić information content (AvgIpc) is 2.42. The molecule has 0 aliphatic heterocycles. The largest absolute Gasteiger partial charge is 0.462 e. The second kappa shape index (κ2) is 5.93. The van der Waals surface area contributed by atoms with Crippen LogP contribution in [0.4, 0.5) is 0 Å². The number of carbonyl (C=O) groups excluding carboxylic acids is 2. The van der Waals surface area contributed by atoms with Crippen molar-refractivity contribution < 1.29 is 24.5 Å². The zero-order valence-electron chi connectivity index (χ0n) is 14.0. The highest BCUT2D eigenvalue weighted by Gasteiger charge is 2.61. The summed E-state index contributed by atoms with van der Waals surface area (Å²) in [5.74, 6) is -0.751. The molecule has 0 aromatic rings. The van der Waals surface area contributed by atoms with E-state index in [2.05, 4.69) is 0 Å². The summed E-state index contributed by atoms with van der Waals surface area (Å²) in [6.45, 7) is 6.91. The summed E-state index contributed by atoms with van der Waals surface area (Å²) in [7, 11) is 0. The Morgan fingerprint density at radius 2 is 2.05 bits per heavy atom. The minimum atomic E-state index is -1.05. The van der Waals surface area contributed by atoms with Crippen LogP contribution in [0.5, 0.6) is 0 Å². The molecule has 2 rings (SSSR count). The van der Waals surface area contributed by atoms with Crippen molar-refractivity contribution in [2.24, 2.45) is 23.2 Å². The van der Waals surface area contributed by atoms with E-state index < -0.39 is 29.0 Å². The maximum Gasteiger partial charge on any atom is 0.302 e. The first-order chi connectivity index (χ1) is 10.1. The molecule has 0 aromatic heterocycles. The smallest absolute Gasteiger partial charge is 0.302 e. The molecular formula is C17H28O5. The minimum Gasteiger partial charge on any atom is -0.462 e. The van der Waals surface area contributed by atoms with Gasteiger partial charge in [-0.2, -0.15) is 0 Å². The van der Waals surface area contributed by atoms with Crippen molar-refractivity contribution in [1.82, 2.24) is 0 Å². The van der Waals surface area contributed by atoms with Crippen LogP contribution < -0.4 is 0 Å². The summed E-state index contributed by atoms with van der Waals surface area (Å²) in [5, 5.41) is 20.4. The van der Waals surface area contributed by atoms with E-state index in [-0.39, 0.29) is 24.2 Å².